The number of alkyl carbamates (subject to hydrolysis) is 1. The molecule has 150 valence electrons. The van der Waals surface area contributed by atoms with Crippen LogP contribution in [0, 0.1) is 6.92 Å². The van der Waals surface area contributed by atoms with Gasteiger partial charge in [0, 0.05) is 19.5 Å². The number of nitrogens with two attached hydrogens (primary N) is 1. The molecule has 0 saturated carbocycles. The van der Waals surface area contributed by atoms with Crippen LogP contribution < -0.4 is 15.8 Å². The van der Waals surface area contributed by atoms with Crippen LogP contribution >= 0.6 is 0 Å². The smallest absolute Gasteiger partial charge is 0.407 e. The maximum absolute atomic E-state index is 11.7. The summed E-state index contributed by atoms with van der Waals surface area (Å²) >= 11 is 0. The molecule has 3 aromatic rings. The Labute approximate surface area is 162 Å². The molecule has 1 aromatic carbocycles. The van der Waals surface area contributed by atoms with Crippen molar-refractivity contribution in [1.82, 2.24) is 20.5 Å². The van der Waals surface area contributed by atoms with Crippen molar-refractivity contribution >= 4 is 23.0 Å². The van der Waals surface area contributed by atoms with Gasteiger partial charge in [-0.25, -0.2) is 9.78 Å². The number of hydrogen-bond donors (Lipinski definition) is 3. The van der Waals surface area contributed by atoms with Gasteiger partial charge in [-0.3, -0.25) is 5.10 Å². The first-order valence-corrected chi connectivity index (χ1v) is 9.04. The van der Waals surface area contributed by atoms with Crippen LogP contribution in [0.2, 0.25) is 0 Å². The summed E-state index contributed by atoms with van der Waals surface area (Å²) in [5.74, 6) is 1.54. The third-order valence-corrected chi connectivity index (χ3v) is 3.74. The third-order valence-electron chi connectivity index (χ3n) is 3.74. The molecular formula is C19H25N5O4. The molecule has 2 heterocycles. The van der Waals surface area contributed by atoms with Crippen molar-refractivity contribution in [1.29, 1.82) is 0 Å². The molecule has 0 aliphatic heterocycles. The SMILES string of the molecule is Cc1nc2ccc(OCCCNC(=O)OC(C)(C)C)c(-c3cc(N)n[nH]3)c2o1. The van der Waals surface area contributed by atoms with E-state index in [0.29, 0.717) is 53.9 Å². The number of carbonyl (C=O) groups is 1. The molecule has 0 bridgehead atoms. The number of H-pyrrole nitrogens is 1. The van der Waals surface area contributed by atoms with Gasteiger partial charge in [-0.2, -0.15) is 5.10 Å². The molecule has 9 nitrogen and oxygen atoms in total. The molecule has 4 N–H and O–H groups in total. The number of oxazole rings is 1. The molecular weight excluding hydrogens is 362 g/mol. The first-order valence-electron chi connectivity index (χ1n) is 9.04. The van der Waals surface area contributed by atoms with E-state index in [1.54, 1.807) is 13.0 Å². The first-order chi connectivity index (χ1) is 13.2. The molecule has 0 atom stereocenters. The lowest BCUT2D eigenvalue weighted by atomic mass is 10.1. The number of amides is 1. The van der Waals surface area contributed by atoms with Crippen LogP contribution in [0.4, 0.5) is 10.6 Å². The molecule has 3 rings (SSSR count). The second kappa shape index (κ2) is 7.79. The van der Waals surface area contributed by atoms with E-state index in [2.05, 4.69) is 20.5 Å². The summed E-state index contributed by atoms with van der Waals surface area (Å²) in [6, 6.07) is 5.38. The fourth-order valence-electron chi connectivity index (χ4n) is 2.68. The molecule has 1 amide bonds. The lowest BCUT2D eigenvalue weighted by Crippen LogP contribution is -2.33. The molecule has 0 aliphatic carbocycles. The van der Waals surface area contributed by atoms with Gasteiger partial charge in [0.1, 0.15) is 22.7 Å². The monoisotopic (exact) mass is 387 g/mol. The highest BCUT2D eigenvalue weighted by Gasteiger charge is 2.18. The van der Waals surface area contributed by atoms with Gasteiger partial charge in [-0.05, 0) is 39.3 Å². The number of ether oxygens (including phenoxy) is 2. The Morgan fingerprint density at radius 3 is 2.82 bits per heavy atom. The number of aryl methyl sites for hydroxylation is 1. The zero-order valence-electron chi connectivity index (χ0n) is 16.5. The van der Waals surface area contributed by atoms with Gasteiger partial charge in [0.25, 0.3) is 0 Å². The predicted molar refractivity (Wildman–Crippen MR) is 105 cm³/mol. The number of carbonyl (C=O) groups excluding carboxylic acids is 1. The summed E-state index contributed by atoms with van der Waals surface area (Å²) in [5.41, 5.74) is 7.94. The maximum atomic E-state index is 11.7. The highest BCUT2D eigenvalue weighted by molar-refractivity contribution is 5.93. The first kappa shape index (κ1) is 19.5. The summed E-state index contributed by atoms with van der Waals surface area (Å²) in [4.78, 5) is 16.0. The van der Waals surface area contributed by atoms with Crippen molar-refractivity contribution in [2.24, 2.45) is 0 Å². The summed E-state index contributed by atoms with van der Waals surface area (Å²) in [7, 11) is 0. The van der Waals surface area contributed by atoms with Crippen LogP contribution in [0.25, 0.3) is 22.4 Å². The van der Waals surface area contributed by atoms with Gasteiger partial charge >= 0.3 is 6.09 Å². The van der Waals surface area contributed by atoms with Crippen LogP contribution in [-0.2, 0) is 4.74 Å². The highest BCUT2D eigenvalue weighted by atomic mass is 16.6. The van der Waals surface area contributed by atoms with Gasteiger partial charge < -0.3 is 24.9 Å². The number of aromatic amines is 1. The zero-order valence-corrected chi connectivity index (χ0v) is 16.5. The quantitative estimate of drug-likeness (QED) is 0.553. The molecule has 0 radical (unpaired) electrons. The van der Waals surface area contributed by atoms with Gasteiger partial charge in [0.2, 0.25) is 0 Å². The van der Waals surface area contributed by atoms with Crippen molar-refractivity contribution < 1.29 is 18.7 Å². The number of benzene rings is 1. The number of rotatable bonds is 6. The molecule has 28 heavy (non-hydrogen) atoms. The number of hydrogen-bond acceptors (Lipinski definition) is 7. The Morgan fingerprint density at radius 1 is 1.36 bits per heavy atom. The van der Waals surface area contributed by atoms with E-state index in [0.717, 1.165) is 5.52 Å². The van der Waals surface area contributed by atoms with E-state index in [1.165, 1.54) is 0 Å². The molecule has 0 unspecified atom stereocenters. The minimum atomic E-state index is -0.522. The number of nitrogen functional groups attached to an aromatic ring is 1. The lowest BCUT2D eigenvalue weighted by Gasteiger charge is -2.19. The largest absolute Gasteiger partial charge is 0.493 e. The maximum Gasteiger partial charge on any atom is 0.407 e. The Kier molecular flexibility index (Phi) is 5.43. The summed E-state index contributed by atoms with van der Waals surface area (Å²) in [6.07, 6.45) is 0.164. The van der Waals surface area contributed by atoms with E-state index >= 15 is 0 Å². The van der Waals surface area contributed by atoms with E-state index in [4.69, 9.17) is 19.6 Å². The van der Waals surface area contributed by atoms with Crippen molar-refractivity contribution in [3.8, 4) is 17.0 Å². The van der Waals surface area contributed by atoms with Crippen LogP contribution in [0.5, 0.6) is 5.75 Å². The summed E-state index contributed by atoms with van der Waals surface area (Å²) in [6.45, 7) is 8.08. The topological polar surface area (TPSA) is 128 Å². The number of fused-ring (bicyclic) bond motifs is 1. The highest BCUT2D eigenvalue weighted by Crippen LogP contribution is 2.37. The van der Waals surface area contributed by atoms with E-state index in [9.17, 15) is 4.79 Å². The van der Waals surface area contributed by atoms with Crippen molar-refractivity contribution in [2.45, 2.75) is 39.7 Å². The molecule has 2 aromatic heterocycles. The summed E-state index contributed by atoms with van der Waals surface area (Å²) in [5, 5.41) is 9.57. The second-order valence-corrected chi connectivity index (χ2v) is 7.36. The zero-order chi connectivity index (χ0) is 20.3. The Balaban J connectivity index is 1.67. The third kappa shape index (κ3) is 4.73. The number of nitrogens with one attached hydrogen (secondary N) is 2. The molecule has 0 aliphatic rings. The number of anilines is 1. The fourth-order valence-corrected chi connectivity index (χ4v) is 2.68. The van der Waals surface area contributed by atoms with E-state index in [1.807, 2.05) is 32.9 Å². The van der Waals surface area contributed by atoms with Crippen LogP contribution in [0.15, 0.2) is 22.6 Å². The standard InChI is InChI=1S/C19H25N5O4/c1-11-22-12-6-7-14(16(17(12)27-11)13-10-15(20)24-23-13)26-9-5-8-21-18(25)28-19(2,3)4/h6-7,10H,5,8-9H2,1-4H3,(H,21,25)(H3,20,23,24). The average Bonchev–Trinajstić information content (AvgIpc) is 3.17. The molecule has 0 fully saturated rings. The van der Waals surface area contributed by atoms with Crippen LogP contribution in [-0.4, -0.2) is 40.0 Å². The Morgan fingerprint density at radius 2 is 2.14 bits per heavy atom. The lowest BCUT2D eigenvalue weighted by molar-refractivity contribution is 0.0525. The normalized spacial score (nSPS) is 11.6. The predicted octanol–water partition coefficient (Wildman–Crippen LogP) is 3.40. The van der Waals surface area contributed by atoms with Crippen molar-refractivity contribution in [2.75, 3.05) is 18.9 Å². The minimum absolute atomic E-state index is 0.371. The van der Waals surface area contributed by atoms with Gasteiger partial charge in [-0.15, -0.1) is 0 Å². The number of aromatic nitrogens is 3. The Hall–Kier alpha value is -3.23. The van der Waals surface area contributed by atoms with Gasteiger partial charge in [-0.1, -0.05) is 0 Å². The van der Waals surface area contributed by atoms with E-state index < -0.39 is 11.7 Å². The van der Waals surface area contributed by atoms with Gasteiger partial charge in [0.15, 0.2) is 11.5 Å². The molecule has 0 spiro atoms. The van der Waals surface area contributed by atoms with Crippen molar-refractivity contribution in [3.63, 3.8) is 0 Å². The van der Waals surface area contributed by atoms with Crippen molar-refractivity contribution in [3.05, 3.63) is 24.1 Å². The van der Waals surface area contributed by atoms with Crippen LogP contribution in [0.1, 0.15) is 33.1 Å². The fraction of sp³-hybridized carbons (Fsp3) is 0.421. The van der Waals surface area contributed by atoms with E-state index in [-0.39, 0.29) is 0 Å². The minimum Gasteiger partial charge on any atom is -0.493 e. The van der Waals surface area contributed by atoms with Crippen LogP contribution in [0.3, 0.4) is 0 Å². The second-order valence-electron chi connectivity index (χ2n) is 7.36. The Bertz CT molecular complexity index is 971. The number of nitrogens with zero attached hydrogens (tertiary/aromatic N) is 2. The molecule has 0 saturated heterocycles. The average molecular weight is 387 g/mol. The van der Waals surface area contributed by atoms with Gasteiger partial charge in [0.05, 0.1) is 17.9 Å². The summed E-state index contributed by atoms with van der Waals surface area (Å²) < 4.78 is 16.9. The molecule has 9 heteroatoms.